The first-order chi connectivity index (χ1) is 10.6. The predicted octanol–water partition coefficient (Wildman–Crippen LogP) is 1.64. The summed E-state index contributed by atoms with van der Waals surface area (Å²) in [5.74, 6) is 0.680. The topological polar surface area (TPSA) is 58.8 Å². The number of amides is 1. The molecule has 1 aromatic carbocycles. The molecular formula is C17H27N3O2. The maximum atomic E-state index is 11.5. The second-order valence-electron chi connectivity index (χ2n) is 5.85. The van der Waals surface area contributed by atoms with Crippen LogP contribution in [0.1, 0.15) is 31.9 Å². The monoisotopic (exact) mass is 305 g/mol. The van der Waals surface area contributed by atoms with Gasteiger partial charge in [-0.3, -0.25) is 14.6 Å². The third kappa shape index (κ3) is 3.78. The smallest absolute Gasteiger partial charge is 0.234 e. The molecule has 2 N–H and O–H groups in total. The first-order valence-electron chi connectivity index (χ1n) is 7.98. The van der Waals surface area contributed by atoms with Crippen LogP contribution < -0.4 is 10.5 Å². The summed E-state index contributed by atoms with van der Waals surface area (Å²) in [5.41, 5.74) is 6.75. The third-order valence-electron chi connectivity index (χ3n) is 4.63. The molecule has 1 saturated heterocycles. The van der Waals surface area contributed by atoms with Gasteiger partial charge in [0.25, 0.3) is 0 Å². The number of methoxy groups -OCH3 is 1. The van der Waals surface area contributed by atoms with Gasteiger partial charge < -0.3 is 10.5 Å². The van der Waals surface area contributed by atoms with E-state index >= 15 is 0 Å². The molecule has 1 amide bonds. The van der Waals surface area contributed by atoms with Crippen LogP contribution in [0.25, 0.3) is 0 Å². The van der Waals surface area contributed by atoms with Crippen molar-refractivity contribution in [2.24, 2.45) is 5.73 Å². The van der Waals surface area contributed by atoms with E-state index in [-0.39, 0.29) is 11.9 Å². The fourth-order valence-corrected chi connectivity index (χ4v) is 3.19. The van der Waals surface area contributed by atoms with E-state index in [1.54, 1.807) is 7.11 Å². The number of hydrogen-bond acceptors (Lipinski definition) is 4. The molecule has 2 rings (SSSR count). The second kappa shape index (κ2) is 7.61. The van der Waals surface area contributed by atoms with Gasteiger partial charge in [-0.15, -0.1) is 0 Å². The van der Waals surface area contributed by atoms with Crippen LogP contribution in [0, 0.1) is 0 Å². The quantitative estimate of drug-likeness (QED) is 0.868. The van der Waals surface area contributed by atoms with Crippen LogP contribution in [0.15, 0.2) is 24.3 Å². The van der Waals surface area contributed by atoms with Crippen molar-refractivity contribution < 1.29 is 9.53 Å². The minimum atomic E-state index is -0.211. The van der Waals surface area contributed by atoms with Crippen molar-refractivity contribution in [3.63, 3.8) is 0 Å². The molecule has 1 aliphatic rings. The van der Waals surface area contributed by atoms with Crippen molar-refractivity contribution in [3.05, 3.63) is 29.8 Å². The van der Waals surface area contributed by atoms with Crippen LogP contribution in [-0.2, 0) is 4.79 Å². The molecule has 1 aliphatic heterocycles. The van der Waals surface area contributed by atoms with Crippen LogP contribution in [0.4, 0.5) is 0 Å². The molecule has 5 nitrogen and oxygen atoms in total. The lowest BCUT2D eigenvalue weighted by Gasteiger charge is -2.40. The summed E-state index contributed by atoms with van der Waals surface area (Å²) in [6.07, 6.45) is 0.779. The normalized spacial score (nSPS) is 19.6. The fourth-order valence-electron chi connectivity index (χ4n) is 3.19. The van der Waals surface area contributed by atoms with E-state index in [0.717, 1.165) is 38.3 Å². The fraction of sp³-hybridized carbons (Fsp3) is 0.588. The maximum Gasteiger partial charge on any atom is 0.234 e. The summed E-state index contributed by atoms with van der Waals surface area (Å²) in [4.78, 5) is 16.1. The number of benzene rings is 1. The van der Waals surface area contributed by atoms with E-state index in [2.05, 4.69) is 28.9 Å². The van der Waals surface area contributed by atoms with E-state index in [0.29, 0.717) is 6.04 Å². The highest BCUT2D eigenvalue weighted by molar-refractivity contribution is 5.79. The van der Waals surface area contributed by atoms with Crippen LogP contribution in [-0.4, -0.2) is 55.0 Å². The molecule has 122 valence electrons. The first-order valence-corrected chi connectivity index (χ1v) is 7.98. The molecule has 1 aromatic rings. The molecule has 0 spiro atoms. The lowest BCUT2D eigenvalue weighted by atomic mass is 10.0. The average Bonchev–Trinajstić information content (AvgIpc) is 2.55. The number of nitrogens with zero attached hydrogens (tertiary/aromatic N) is 2. The molecule has 0 aliphatic carbocycles. The van der Waals surface area contributed by atoms with Gasteiger partial charge >= 0.3 is 0 Å². The number of rotatable bonds is 6. The van der Waals surface area contributed by atoms with Gasteiger partial charge in [0.15, 0.2) is 0 Å². The minimum absolute atomic E-state index is 0.130. The highest BCUT2D eigenvalue weighted by atomic mass is 16.5. The Morgan fingerprint density at radius 1 is 1.27 bits per heavy atom. The van der Waals surface area contributed by atoms with Gasteiger partial charge in [-0.1, -0.05) is 19.1 Å². The number of hydrogen-bond donors (Lipinski definition) is 1. The SMILES string of the molecule is CC[C@H](C(N)=O)N1CCN([C@@H](C)c2cccc(OC)c2)CC1. The number of nitrogens with two attached hydrogens (primary N) is 1. The van der Waals surface area contributed by atoms with Crippen molar-refractivity contribution in [1.29, 1.82) is 0 Å². The molecule has 1 heterocycles. The number of ether oxygens (including phenoxy) is 1. The summed E-state index contributed by atoms with van der Waals surface area (Å²) >= 11 is 0. The Morgan fingerprint density at radius 2 is 1.91 bits per heavy atom. The van der Waals surface area contributed by atoms with E-state index in [9.17, 15) is 4.79 Å². The molecule has 2 atom stereocenters. The third-order valence-corrected chi connectivity index (χ3v) is 4.63. The Balaban J connectivity index is 1.97. The van der Waals surface area contributed by atoms with Crippen LogP contribution in [0.3, 0.4) is 0 Å². The molecule has 1 fully saturated rings. The summed E-state index contributed by atoms with van der Waals surface area (Å²) in [7, 11) is 1.69. The lowest BCUT2D eigenvalue weighted by Crippen LogP contribution is -2.54. The Labute approximate surface area is 133 Å². The lowest BCUT2D eigenvalue weighted by molar-refractivity contribution is -0.124. The van der Waals surface area contributed by atoms with Crippen molar-refractivity contribution in [2.45, 2.75) is 32.4 Å². The van der Waals surface area contributed by atoms with Crippen LogP contribution in [0.2, 0.25) is 0 Å². The second-order valence-corrected chi connectivity index (χ2v) is 5.85. The average molecular weight is 305 g/mol. The molecular weight excluding hydrogens is 278 g/mol. The summed E-state index contributed by atoms with van der Waals surface area (Å²) in [5, 5.41) is 0. The minimum Gasteiger partial charge on any atom is -0.497 e. The Hall–Kier alpha value is -1.59. The maximum absolute atomic E-state index is 11.5. The number of carbonyl (C=O) groups is 1. The van der Waals surface area contributed by atoms with Crippen molar-refractivity contribution >= 4 is 5.91 Å². The zero-order chi connectivity index (χ0) is 16.1. The largest absolute Gasteiger partial charge is 0.497 e. The van der Waals surface area contributed by atoms with Crippen molar-refractivity contribution in [3.8, 4) is 5.75 Å². The van der Waals surface area contributed by atoms with E-state index < -0.39 is 0 Å². The highest BCUT2D eigenvalue weighted by Gasteiger charge is 2.28. The zero-order valence-electron chi connectivity index (χ0n) is 13.8. The Morgan fingerprint density at radius 3 is 2.45 bits per heavy atom. The molecule has 0 aromatic heterocycles. The van der Waals surface area contributed by atoms with Crippen LogP contribution >= 0.6 is 0 Å². The zero-order valence-corrected chi connectivity index (χ0v) is 13.8. The molecule has 5 heteroatoms. The standard InChI is InChI=1S/C17H27N3O2/c1-4-16(17(18)21)20-10-8-19(9-11-20)13(2)14-6-5-7-15(12-14)22-3/h5-7,12-13,16H,4,8-11H2,1-3H3,(H2,18,21)/t13-,16+/m0/s1. The molecule has 0 radical (unpaired) electrons. The van der Waals surface area contributed by atoms with Gasteiger partial charge in [0, 0.05) is 32.2 Å². The molecule has 22 heavy (non-hydrogen) atoms. The Kier molecular flexibility index (Phi) is 5.80. The van der Waals surface area contributed by atoms with E-state index in [1.165, 1.54) is 5.56 Å². The number of primary amides is 1. The van der Waals surface area contributed by atoms with E-state index in [4.69, 9.17) is 10.5 Å². The van der Waals surface area contributed by atoms with Gasteiger partial charge in [0.1, 0.15) is 5.75 Å². The number of carbonyl (C=O) groups excluding carboxylic acids is 1. The molecule has 0 saturated carbocycles. The van der Waals surface area contributed by atoms with E-state index in [1.807, 2.05) is 19.1 Å². The van der Waals surface area contributed by atoms with Crippen molar-refractivity contribution in [1.82, 2.24) is 9.80 Å². The Bertz CT molecular complexity index is 498. The van der Waals surface area contributed by atoms with Gasteiger partial charge in [0.2, 0.25) is 5.91 Å². The predicted molar refractivity (Wildman–Crippen MR) is 87.8 cm³/mol. The van der Waals surface area contributed by atoms with Gasteiger partial charge in [-0.05, 0) is 31.0 Å². The van der Waals surface area contributed by atoms with Crippen LogP contribution in [0.5, 0.6) is 5.75 Å². The van der Waals surface area contributed by atoms with Gasteiger partial charge in [-0.2, -0.15) is 0 Å². The molecule has 0 bridgehead atoms. The molecule has 0 unspecified atom stereocenters. The summed E-state index contributed by atoms with van der Waals surface area (Å²) in [6, 6.07) is 8.43. The summed E-state index contributed by atoms with van der Waals surface area (Å²) < 4.78 is 5.30. The summed E-state index contributed by atoms with van der Waals surface area (Å²) in [6.45, 7) is 7.90. The first kappa shape index (κ1) is 16.8. The van der Waals surface area contributed by atoms with Gasteiger partial charge in [-0.25, -0.2) is 0 Å². The number of piperazine rings is 1. The highest BCUT2D eigenvalue weighted by Crippen LogP contribution is 2.25. The van der Waals surface area contributed by atoms with Crippen molar-refractivity contribution in [2.75, 3.05) is 33.3 Å². The van der Waals surface area contributed by atoms with Gasteiger partial charge in [0.05, 0.1) is 13.2 Å².